The second-order valence-corrected chi connectivity index (χ2v) is 13.9. The van der Waals surface area contributed by atoms with Gasteiger partial charge in [-0.1, -0.05) is 6.92 Å². The molecule has 4 aliphatic heterocycles. The van der Waals surface area contributed by atoms with Crippen LogP contribution in [0.2, 0.25) is 0 Å². The normalized spacial score (nSPS) is 34.1. The van der Waals surface area contributed by atoms with E-state index < -0.39 is 95.9 Å². The van der Waals surface area contributed by atoms with Gasteiger partial charge in [0.1, 0.15) is 48.1 Å². The van der Waals surface area contributed by atoms with E-state index in [2.05, 4.69) is 10.6 Å². The summed E-state index contributed by atoms with van der Waals surface area (Å²) in [5.41, 5.74) is 6.24. The topological polar surface area (TPSA) is 195 Å². The molecule has 4 aliphatic rings. The van der Waals surface area contributed by atoms with Gasteiger partial charge in [-0.25, -0.2) is 13.6 Å². The molecule has 1 unspecified atom stereocenters. The lowest BCUT2D eigenvalue weighted by atomic mass is 9.90. The number of ether oxygens (including phenoxy) is 1. The number of carbonyl (C=O) groups excluding carboxylic acids is 5. The molecule has 4 heterocycles. The van der Waals surface area contributed by atoms with Crippen molar-refractivity contribution in [2.45, 2.75) is 114 Å². The quantitative estimate of drug-likeness (QED) is 0.248. The number of benzene rings is 1. The number of halogens is 2. The molecule has 1 aromatic rings. The standard InChI is InChI=1S/C33H46F2N6O8/c1-16-6-8-40-25(9-16)29(44)37-17(2)30(45)39-7-4-5-24(39)33(48)49-18(3)27(32(47)41-15-22(42)14-26(41)31(40)46)38-28(43)23(36)12-19-10-20(34)13-21(35)11-19/h10-11,13,16-18,22-27,32,42,47H,4-9,12,14-15,36H2,1-3H3,(H,37,44)(H,38,43)/t16-,17-,18+,22+,23-,24-,25-,26-,27-,32?/m0/s1. The molecule has 16 heteroatoms. The van der Waals surface area contributed by atoms with Crippen molar-refractivity contribution in [3.8, 4) is 0 Å². The highest BCUT2D eigenvalue weighted by Crippen LogP contribution is 2.30. The first-order chi connectivity index (χ1) is 23.1. The van der Waals surface area contributed by atoms with Gasteiger partial charge in [-0.15, -0.1) is 0 Å². The number of hydrogen-bond acceptors (Lipinski definition) is 10. The van der Waals surface area contributed by atoms with Crippen LogP contribution in [-0.2, 0) is 35.1 Å². The van der Waals surface area contributed by atoms with Gasteiger partial charge >= 0.3 is 5.97 Å². The molecule has 5 rings (SSSR count). The maximum Gasteiger partial charge on any atom is 0.329 e. The fourth-order valence-corrected chi connectivity index (χ4v) is 7.44. The van der Waals surface area contributed by atoms with E-state index in [1.54, 1.807) is 0 Å². The summed E-state index contributed by atoms with van der Waals surface area (Å²) >= 11 is 0. The van der Waals surface area contributed by atoms with Crippen molar-refractivity contribution in [1.29, 1.82) is 0 Å². The Hall–Kier alpha value is -3.73. The maximum atomic E-state index is 14.2. The number of cyclic esters (lactones) is 1. The van der Waals surface area contributed by atoms with Gasteiger partial charge < -0.3 is 41.1 Å². The maximum absolute atomic E-state index is 14.2. The summed E-state index contributed by atoms with van der Waals surface area (Å²) in [5.74, 6) is -4.79. The number of aliphatic hydroxyl groups excluding tert-OH is 2. The van der Waals surface area contributed by atoms with E-state index in [9.17, 15) is 43.0 Å². The Balaban J connectivity index is 1.48. The molecule has 49 heavy (non-hydrogen) atoms. The lowest BCUT2D eigenvalue weighted by Crippen LogP contribution is -2.64. The second-order valence-electron chi connectivity index (χ2n) is 13.9. The number of nitrogens with one attached hydrogen (secondary N) is 2. The van der Waals surface area contributed by atoms with E-state index in [0.717, 1.165) is 12.1 Å². The zero-order chi connectivity index (χ0) is 35.7. The first-order valence-corrected chi connectivity index (χ1v) is 16.9. The molecule has 4 saturated heterocycles. The number of aliphatic hydroxyl groups is 2. The number of nitrogens with zero attached hydrogens (tertiary/aromatic N) is 3. The number of carbonyl (C=O) groups is 5. The van der Waals surface area contributed by atoms with E-state index in [1.807, 2.05) is 6.92 Å². The second kappa shape index (κ2) is 15.0. The first kappa shape index (κ1) is 36.5. The Morgan fingerprint density at radius 3 is 2.35 bits per heavy atom. The molecule has 0 radical (unpaired) electrons. The molecule has 0 spiro atoms. The third-order valence-corrected chi connectivity index (χ3v) is 10.1. The molecule has 0 aliphatic carbocycles. The minimum absolute atomic E-state index is 0.0817. The van der Waals surface area contributed by atoms with Crippen molar-refractivity contribution in [3.63, 3.8) is 0 Å². The molecule has 0 saturated carbocycles. The molecular weight excluding hydrogens is 646 g/mol. The molecule has 4 fully saturated rings. The summed E-state index contributed by atoms with van der Waals surface area (Å²) in [4.78, 5) is 72.4. The van der Waals surface area contributed by atoms with Crippen LogP contribution in [0.25, 0.3) is 0 Å². The van der Waals surface area contributed by atoms with Gasteiger partial charge in [0.2, 0.25) is 23.6 Å². The highest BCUT2D eigenvalue weighted by atomic mass is 19.1. The highest BCUT2D eigenvalue weighted by Gasteiger charge is 2.49. The summed E-state index contributed by atoms with van der Waals surface area (Å²) in [6, 6.07) is -4.04. The Morgan fingerprint density at radius 1 is 0.980 bits per heavy atom. The van der Waals surface area contributed by atoms with Crippen LogP contribution in [0.15, 0.2) is 18.2 Å². The average Bonchev–Trinajstić information content (AvgIpc) is 3.68. The largest absolute Gasteiger partial charge is 0.459 e. The van der Waals surface area contributed by atoms with E-state index in [4.69, 9.17) is 10.5 Å². The summed E-state index contributed by atoms with van der Waals surface area (Å²) in [7, 11) is 0. The van der Waals surface area contributed by atoms with Crippen molar-refractivity contribution < 1.29 is 47.7 Å². The van der Waals surface area contributed by atoms with Gasteiger partial charge in [-0.05, 0) is 76.0 Å². The van der Waals surface area contributed by atoms with Crippen LogP contribution in [-0.4, -0.2) is 129 Å². The van der Waals surface area contributed by atoms with Crippen LogP contribution in [0.1, 0.15) is 58.4 Å². The monoisotopic (exact) mass is 692 g/mol. The highest BCUT2D eigenvalue weighted by molar-refractivity contribution is 5.94. The van der Waals surface area contributed by atoms with Gasteiger partial charge in [0.15, 0.2) is 0 Å². The van der Waals surface area contributed by atoms with Crippen LogP contribution in [0.4, 0.5) is 8.78 Å². The Labute approximate surface area is 283 Å². The van der Waals surface area contributed by atoms with Crippen molar-refractivity contribution in [2.75, 3.05) is 19.6 Å². The summed E-state index contributed by atoms with van der Waals surface area (Å²) in [6.45, 7) is 5.20. The molecule has 14 nitrogen and oxygen atoms in total. The molecule has 6 N–H and O–H groups in total. The molecule has 270 valence electrons. The van der Waals surface area contributed by atoms with Crippen LogP contribution in [0.3, 0.4) is 0 Å². The molecular formula is C33H46F2N6O8. The third kappa shape index (κ3) is 8.03. The van der Waals surface area contributed by atoms with Gasteiger partial charge in [0.25, 0.3) is 0 Å². The fourth-order valence-electron chi connectivity index (χ4n) is 7.44. The van der Waals surface area contributed by atoms with Crippen molar-refractivity contribution in [1.82, 2.24) is 25.3 Å². The number of nitrogens with two attached hydrogens (primary N) is 1. The molecule has 0 bridgehead atoms. The molecule has 10 atom stereocenters. The number of piperidine rings is 1. The average molecular weight is 693 g/mol. The predicted molar refractivity (Wildman–Crippen MR) is 169 cm³/mol. The fraction of sp³-hybridized carbons (Fsp3) is 0.667. The lowest BCUT2D eigenvalue weighted by molar-refractivity contribution is -0.166. The summed E-state index contributed by atoms with van der Waals surface area (Å²) in [5, 5.41) is 27.9. The van der Waals surface area contributed by atoms with E-state index in [0.29, 0.717) is 25.3 Å². The Bertz CT molecular complexity index is 1430. The van der Waals surface area contributed by atoms with Crippen molar-refractivity contribution >= 4 is 29.6 Å². The van der Waals surface area contributed by atoms with Gasteiger partial charge in [0.05, 0.1) is 18.2 Å². The molecule has 4 amide bonds. The minimum Gasteiger partial charge on any atom is -0.459 e. The molecule has 0 aromatic heterocycles. The first-order valence-electron chi connectivity index (χ1n) is 16.9. The smallest absolute Gasteiger partial charge is 0.329 e. The minimum atomic E-state index is -1.71. The van der Waals surface area contributed by atoms with Gasteiger partial charge in [0, 0.05) is 25.7 Å². The third-order valence-electron chi connectivity index (χ3n) is 10.1. The van der Waals surface area contributed by atoms with Crippen molar-refractivity contribution in [2.24, 2.45) is 11.7 Å². The van der Waals surface area contributed by atoms with Crippen LogP contribution >= 0.6 is 0 Å². The van der Waals surface area contributed by atoms with E-state index in [-0.39, 0.29) is 50.4 Å². The number of amides is 4. The van der Waals surface area contributed by atoms with E-state index >= 15 is 0 Å². The number of esters is 1. The van der Waals surface area contributed by atoms with Crippen LogP contribution < -0.4 is 16.4 Å². The van der Waals surface area contributed by atoms with Crippen molar-refractivity contribution in [3.05, 3.63) is 35.4 Å². The number of hydrogen-bond donors (Lipinski definition) is 5. The van der Waals surface area contributed by atoms with Gasteiger partial charge in [-0.3, -0.25) is 24.1 Å². The zero-order valence-corrected chi connectivity index (χ0v) is 27.9. The van der Waals surface area contributed by atoms with Crippen LogP contribution in [0, 0.1) is 17.6 Å². The summed E-state index contributed by atoms with van der Waals surface area (Å²) in [6.07, 6.45) is -2.63. The number of rotatable bonds is 4. The SMILES string of the molecule is C[C@H]1CCN2C(=O)[C@@H]3C[C@@H](O)CN3C(O)[C@@H](NC(=O)[C@@H](N)Cc3cc(F)cc(F)c3)[C@@H](C)OC(=O)[C@@H]3CCCN3C(=O)[C@H](C)NC(=O)[C@@H]2C1. The lowest BCUT2D eigenvalue weighted by Gasteiger charge is -2.42. The number of fused-ring (bicyclic) bond motifs is 3. The Morgan fingerprint density at radius 2 is 1.65 bits per heavy atom. The van der Waals surface area contributed by atoms with Crippen LogP contribution in [0.5, 0.6) is 0 Å². The van der Waals surface area contributed by atoms with Gasteiger partial charge in [-0.2, -0.15) is 0 Å². The summed E-state index contributed by atoms with van der Waals surface area (Å²) < 4.78 is 33.4. The van der Waals surface area contributed by atoms with E-state index in [1.165, 1.54) is 28.5 Å². The zero-order valence-electron chi connectivity index (χ0n) is 27.9. The predicted octanol–water partition coefficient (Wildman–Crippen LogP) is -0.859. The molecule has 1 aromatic carbocycles. The Kier molecular flexibility index (Phi) is 11.2.